The van der Waals surface area contributed by atoms with Crippen molar-refractivity contribution in [1.82, 2.24) is 9.97 Å². The average Bonchev–Trinajstić information content (AvgIpc) is 3.01. The molecule has 3 aromatic rings. The summed E-state index contributed by atoms with van der Waals surface area (Å²) in [5.41, 5.74) is 7.83. The van der Waals surface area contributed by atoms with E-state index < -0.39 is 18.2 Å². The van der Waals surface area contributed by atoms with Gasteiger partial charge in [-0.2, -0.15) is 0 Å². The maximum absolute atomic E-state index is 13.9. The number of benzene rings is 1. The van der Waals surface area contributed by atoms with Crippen molar-refractivity contribution in [3.8, 4) is 22.5 Å². The average molecular weight is 473 g/mol. The topological polar surface area (TPSA) is 72.3 Å². The molecule has 5 rings (SSSR count). The van der Waals surface area contributed by atoms with Crippen molar-refractivity contribution < 1.29 is 19.0 Å². The number of hydrogen-bond acceptors (Lipinski definition) is 5. The van der Waals surface area contributed by atoms with Crippen LogP contribution in [0, 0.1) is 5.82 Å². The van der Waals surface area contributed by atoms with Gasteiger partial charge in [0.1, 0.15) is 11.9 Å². The van der Waals surface area contributed by atoms with Crippen LogP contribution in [0.5, 0.6) is 0 Å². The molecule has 35 heavy (non-hydrogen) atoms. The number of aliphatic hydroxyl groups excluding tert-OH is 1. The maximum Gasteiger partial charge on any atom is 0.309 e. The van der Waals surface area contributed by atoms with Crippen molar-refractivity contribution in [3.05, 3.63) is 76.9 Å². The van der Waals surface area contributed by atoms with Gasteiger partial charge in [-0.05, 0) is 71.7 Å². The molecular weight excluding hydrogens is 443 g/mol. The van der Waals surface area contributed by atoms with Crippen molar-refractivity contribution >= 4 is 12.0 Å². The van der Waals surface area contributed by atoms with Gasteiger partial charge >= 0.3 is 5.97 Å². The number of carbonyl (C=O) groups excluding carboxylic acids is 1. The standard InChI is InChI=1S/C29H29FN2O3/c1-17(2)27-24(13-12-22-15-21(33)16-25(34)35-22)26(18-8-10-20(30)11-9-18)23-7-3-5-19-6-4-14-31-28(19)29(23)32-27/h4,6,8-14,17,21-22,33H,3,5,7,15-16H2,1-2H3/b13-12+/t21-,22-/m1/s1. The molecule has 3 heterocycles. The van der Waals surface area contributed by atoms with Gasteiger partial charge in [0.2, 0.25) is 0 Å². The van der Waals surface area contributed by atoms with Gasteiger partial charge in [0.15, 0.2) is 0 Å². The molecule has 1 N–H and O–H groups in total. The van der Waals surface area contributed by atoms with Crippen LogP contribution >= 0.6 is 0 Å². The number of hydrogen-bond donors (Lipinski definition) is 1. The molecule has 0 saturated carbocycles. The maximum atomic E-state index is 13.9. The second-order valence-corrected chi connectivity index (χ2v) is 9.62. The summed E-state index contributed by atoms with van der Waals surface area (Å²) in [5, 5.41) is 10.0. The summed E-state index contributed by atoms with van der Waals surface area (Å²) in [6.07, 6.45) is 7.47. The number of fused-ring (bicyclic) bond motifs is 3. The van der Waals surface area contributed by atoms with E-state index in [1.54, 1.807) is 18.3 Å². The Kier molecular flexibility index (Phi) is 6.48. The number of aliphatic hydroxyl groups is 1. The third-order valence-corrected chi connectivity index (χ3v) is 6.70. The van der Waals surface area contributed by atoms with Gasteiger partial charge in [-0.1, -0.05) is 38.1 Å². The molecule has 1 fully saturated rings. The fourth-order valence-corrected chi connectivity index (χ4v) is 5.09. The largest absolute Gasteiger partial charge is 0.458 e. The van der Waals surface area contributed by atoms with Crippen LogP contribution in [-0.2, 0) is 22.4 Å². The van der Waals surface area contributed by atoms with Gasteiger partial charge < -0.3 is 9.84 Å². The third kappa shape index (κ3) is 4.76. The zero-order valence-corrected chi connectivity index (χ0v) is 20.0. The van der Waals surface area contributed by atoms with E-state index in [1.165, 1.54) is 17.7 Å². The van der Waals surface area contributed by atoms with Crippen LogP contribution in [0.3, 0.4) is 0 Å². The highest BCUT2D eigenvalue weighted by Gasteiger charge is 2.28. The van der Waals surface area contributed by atoms with Crippen molar-refractivity contribution in [2.75, 3.05) is 0 Å². The highest BCUT2D eigenvalue weighted by Crippen LogP contribution is 2.41. The first kappa shape index (κ1) is 23.4. The minimum absolute atomic E-state index is 0.0230. The quantitative estimate of drug-likeness (QED) is 0.498. The smallest absolute Gasteiger partial charge is 0.309 e. The molecule has 0 radical (unpaired) electrons. The number of halogens is 1. The van der Waals surface area contributed by atoms with Crippen LogP contribution in [-0.4, -0.2) is 33.3 Å². The predicted octanol–water partition coefficient (Wildman–Crippen LogP) is 5.64. The number of aromatic nitrogens is 2. The van der Waals surface area contributed by atoms with E-state index in [9.17, 15) is 14.3 Å². The van der Waals surface area contributed by atoms with Gasteiger partial charge in [-0.15, -0.1) is 0 Å². The van der Waals surface area contributed by atoms with E-state index in [4.69, 9.17) is 14.7 Å². The van der Waals surface area contributed by atoms with E-state index in [2.05, 4.69) is 19.9 Å². The lowest BCUT2D eigenvalue weighted by atomic mass is 9.87. The summed E-state index contributed by atoms with van der Waals surface area (Å²) in [6.45, 7) is 4.20. The Morgan fingerprint density at radius 3 is 2.69 bits per heavy atom. The highest BCUT2D eigenvalue weighted by atomic mass is 19.1. The summed E-state index contributed by atoms with van der Waals surface area (Å²) < 4.78 is 19.3. The summed E-state index contributed by atoms with van der Waals surface area (Å²) >= 11 is 0. The summed E-state index contributed by atoms with van der Waals surface area (Å²) in [4.78, 5) is 21.7. The lowest BCUT2D eigenvalue weighted by Gasteiger charge is -2.24. The summed E-state index contributed by atoms with van der Waals surface area (Å²) in [5.74, 6) is -0.580. The second kappa shape index (κ2) is 9.70. The molecule has 0 amide bonds. The first-order valence-electron chi connectivity index (χ1n) is 12.2. The Morgan fingerprint density at radius 2 is 1.94 bits per heavy atom. The molecule has 180 valence electrons. The minimum atomic E-state index is -0.709. The number of cyclic esters (lactones) is 1. The van der Waals surface area contributed by atoms with E-state index in [0.717, 1.165) is 58.6 Å². The number of aryl methyl sites for hydroxylation is 1. The third-order valence-electron chi connectivity index (χ3n) is 6.70. The van der Waals surface area contributed by atoms with E-state index >= 15 is 0 Å². The van der Waals surface area contributed by atoms with Crippen molar-refractivity contribution in [2.45, 2.75) is 64.1 Å². The molecule has 5 nitrogen and oxygen atoms in total. The SMILES string of the molecule is CC(C)c1nc2c(c(-c3ccc(F)cc3)c1/C=C/[C@@H]1C[C@@H](O)CC(=O)O1)CCCc1cccnc1-2. The lowest BCUT2D eigenvalue weighted by molar-refractivity contribution is -0.156. The first-order valence-corrected chi connectivity index (χ1v) is 12.2. The minimum Gasteiger partial charge on any atom is -0.458 e. The Balaban J connectivity index is 1.74. The molecule has 6 heteroatoms. The Bertz CT molecular complexity index is 1280. The van der Waals surface area contributed by atoms with Crippen LogP contribution in [0.1, 0.15) is 61.4 Å². The Morgan fingerprint density at radius 1 is 1.14 bits per heavy atom. The van der Waals surface area contributed by atoms with Crippen LogP contribution < -0.4 is 0 Å². The lowest BCUT2D eigenvalue weighted by Crippen LogP contribution is -2.31. The zero-order chi connectivity index (χ0) is 24.5. The summed E-state index contributed by atoms with van der Waals surface area (Å²) in [7, 11) is 0. The molecule has 2 aliphatic rings. The van der Waals surface area contributed by atoms with Gasteiger partial charge in [0, 0.05) is 18.2 Å². The molecule has 2 aromatic heterocycles. The molecular formula is C29H29FN2O3. The van der Waals surface area contributed by atoms with Crippen molar-refractivity contribution in [2.24, 2.45) is 0 Å². The van der Waals surface area contributed by atoms with Gasteiger partial charge in [-0.25, -0.2) is 9.37 Å². The van der Waals surface area contributed by atoms with Gasteiger partial charge in [0.05, 0.1) is 29.6 Å². The zero-order valence-electron chi connectivity index (χ0n) is 20.0. The van der Waals surface area contributed by atoms with E-state index in [-0.39, 0.29) is 18.2 Å². The Hall–Kier alpha value is -3.38. The molecule has 0 spiro atoms. The number of carbonyl (C=O) groups is 1. The predicted molar refractivity (Wildman–Crippen MR) is 133 cm³/mol. The highest BCUT2D eigenvalue weighted by molar-refractivity contribution is 5.85. The van der Waals surface area contributed by atoms with Crippen LogP contribution in [0.4, 0.5) is 4.39 Å². The Labute approximate surface area is 204 Å². The number of nitrogens with zero attached hydrogens (tertiary/aromatic N) is 2. The number of rotatable bonds is 4. The molecule has 0 unspecified atom stereocenters. The van der Waals surface area contributed by atoms with Crippen LogP contribution in [0.25, 0.3) is 28.6 Å². The normalized spacial score (nSPS) is 19.9. The van der Waals surface area contributed by atoms with Crippen molar-refractivity contribution in [1.29, 1.82) is 0 Å². The molecule has 1 aliphatic carbocycles. The van der Waals surface area contributed by atoms with Gasteiger partial charge in [0.25, 0.3) is 0 Å². The van der Waals surface area contributed by atoms with E-state index in [0.29, 0.717) is 6.42 Å². The number of pyridine rings is 2. The fraction of sp³-hybridized carbons (Fsp3) is 0.345. The molecule has 0 bridgehead atoms. The fourth-order valence-electron chi connectivity index (χ4n) is 5.09. The number of ether oxygens (including phenoxy) is 1. The molecule has 2 atom stereocenters. The first-order chi connectivity index (χ1) is 16.9. The van der Waals surface area contributed by atoms with Gasteiger partial charge in [-0.3, -0.25) is 9.78 Å². The molecule has 1 aromatic carbocycles. The second-order valence-electron chi connectivity index (χ2n) is 9.62. The van der Waals surface area contributed by atoms with Crippen LogP contribution in [0.15, 0.2) is 48.7 Å². The monoisotopic (exact) mass is 472 g/mol. The van der Waals surface area contributed by atoms with E-state index in [1.807, 2.05) is 18.2 Å². The molecule has 1 aliphatic heterocycles. The summed E-state index contributed by atoms with van der Waals surface area (Å²) in [6, 6.07) is 10.6. The van der Waals surface area contributed by atoms with Crippen molar-refractivity contribution in [3.63, 3.8) is 0 Å². The van der Waals surface area contributed by atoms with Crippen LogP contribution in [0.2, 0.25) is 0 Å². The number of esters is 1. The molecule has 1 saturated heterocycles.